The Morgan fingerprint density at radius 2 is 2.00 bits per heavy atom. The van der Waals surface area contributed by atoms with Crippen LogP contribution in [0, 0.1) is 5.82 Å². The van der Waals surface area contributed by atoms with Gasteiger partial charge < -0.3 is 10.5 Å². The van der Waals surface area contributed by atoms with Crippen molar-refractivity contribution in [3.8, 4) is 5.75 Å². The molecular weight excluding hydrogens is 356 g/mol. The van der Waals surface area contributed by atoms with E-state index in [1.807, 2.05) is 0 Å². The number of halogens is 4. The predicted molar refractivity (Wildman–Crippen MR) is 79.3 cm³/mol. The molecule has 0 saturated carbocycles. The first-order valence-electron chi connectivity index (χ1n) is 5.29. The molecule has 0 atom stereocenters. The number of nitrogens with two attached hydrogens (primary N) is 1. The zero-order valence-corrected chi connectivity index (χ0v) is 12.7. The van der Waals surface area contributed by atoms with Gasteiger partial charge in [0.1, 0.15) is 12.4 Å². The van der Waals surface area contributed by atoms with E-state index in [4.69, 9.17) is 33.7 Å². The van der Waals surface area contributed by atoms with E-state index in [2.05, 4.69) is 15.9 Å². The summed E-state index contributed by atoms with van der Waals surface area (Å²) in [5.74, 6) is -0.0318. The summed E-state index contributed by atoms with van der Waals surface area (Å²) >= 11 is 15.0. The van der Waals surface area contributed by atoms with Gasteiger partial charge in [-0.2, -0.15) is 0 Å². The molecular formula is C13H9BrCl2FNO. The van der Waals surface area contributed by atoms with Crippen LogP contribution >= 0.6 is 39.1 Å². The van der Waals surface area contributed by atoms with Crippen molar-refractivity contribution in [1.82, 2.24) is 0 Å². The van der Waals surface area contributed by atoms with Crippen molar-refractivity contribution in [1.29, 1.82) is 0 Å². The molecule has 0 fully saturated rings. The van der Waals surface area contributed by atoms with Crippen molar-refractivity contribution in [3.63, 3.8) is 0 Å². The minimum Gasteiger partial charge on any atom is -0.485 e. The lowest BCUT2D eigenvalue weighted by atomic mass is 10.2. The zero-order chi connectivity index (χ0) is 14.0. The van der Waals surface area contributed by atoms with Gasteiger partial charge in [-0.05, 0) is 34.1 Å². The van der Waals surface area contributed by atoms with Gasteiger partial charge in [0.05, 0.1) is 15.2 Å². The standard InChI is InChI=1S/C13H9BrCl2FNO/c14-9-4-8(15)5-11(18)13(9)19-6-7-2-1-3-10(17)12(7)16/h1-5H,6,18H2. The highest BCUT2D eigenvalue weighted by atomic mass is 79.9. The molecule has 6 heteroatoms. The quantitative estimate of drug-likeness (QED) is 0.773. The van der Waals surface area contributed by atoms with E-state index in [0.29, 0.717) is 26.5 Å². The van der Waals surface area contributed by atoms with Crippen LogP contribution in [-0.2, 0) is 6.61 Å². The van der Waals surface area contributed by atoms with E-state index in [-0.39, 0.29) is 11.6 Å². The first-order chi connectivity index (χ1) is 8.99. The molecule has 0 heterocycles. The molecule has 0 saturated heterocycles. The largest absolute Gasteiger partial charge is 0.485 e. The van der Waals surface area contributed by atoms with Crippen LogP contribution in [0.2, 0.25) is 10.0 Å². The molecule has 100 valence electrons. The summed E-state index contributed by atoms with van der Waals surface area (Å²) in [7, 11) is 0. The van der Waals surface area contributed by atoms with Crippen molar-refractivity contribution in [2.24, 2.45) is 0 Å². The van der Waals surface area contributed by atoms with Crippen LogP contribution in [0.3, 0.4) is 0 Å². The fourth-order valence-corrected chi connectivity index (χ4v) is 2.67. The van der Waals surface area contributed by atoms with Crippen LogP contribution < -0.4 is 10.5 Å². The fraction of sp³-hybridized carbons (Fsp3) is 0.0769. The number of anilines is 1. The SMILES string of the molecule is Nc1cc(Cl)cc(Br)c1OCc1cccc(F)c1Cl. The number of nitrogen functional groups attached to an aromatic ring is 1. The number of rotatable bonds is 3. The van der Waals surface area contributed by atoms with E-state index >= 15 is 0 Å². The van der Waals surface area contributed by atoms with E-state index < -0.39 is 5.82 Å². The van der Waals surface area contributed by atoms with Crippen molar-refractivity contribution in [2.75, 3.05) is 5.73 Å². The molecule has 0 spiro atoms. The Labute approximate surface area is 128 Å². The van der Waals surface area contributed by atoms with E-state index in [9.17, 15) is 4.39 Å². The van der Waals surface area contributed by atoms with E-state index in [1.54, 1.807) is 24.3 Å². The van der Waals surface area contributed by atoms with Gasteiger partial charge in [-0.15, -0.1) is 0 Å². The minimum atomic E-state index is -0.481. The summed E-state index contributed by atoms with van der Waals surface area (Å²) in [6.45, 7) is 0.112. The van der Waals surface area contributed by atoms with Gasteiger partial charge in [0, 0.05) is 10.6 Å². The third-order valence-electron chi connectivity index (χ3n) is 2.44. The van der Waals surface area contributed by atoms with Gasteiger partial charge in [0.2, 0.25) is 0 Å². The van der Waals surface area contributed by atoms with Crippen molar-refractivity contribution in [2.45, 2.75) is 6.61 Å². The smallest absolute Gasteiger partial charge is 0.156 e. The predicted octanol–water partition coefficient (Wildman–Crippen LogP) is 5.06. The third kappa shape index (κ3) is 3.32. The molecule has 2 aromatic carbocycles. The van der Waals surface area contributed by atoms with Crippen LogP contribution in [0.4, 0.5) is 10.1 Å². The first kappa shape index (κ1) is 14.4. The normalized spacial score (nSPS) is 10.5. The Balaban J connectivity index is 2.22. The second kappa shape index (κ2) is 5.99. The Hall–Kier alpha value is -0.970. The van der Waals surface area contributed by atoms with Crippen molar-refractivity contribution < 1.29 is 9.13 Å². The summed E-state index contributed by atoms with van der Waals surface area (Å²) in [6, 6.07) is 7.79. The van der Waals surface area contributed by atoms with Crippen molar-refractivity contribution >= 4 is 44.8 Å². The molecule has 0 amide bonds. The van der Waals surface area contributed by atoms with Crippen LogP contribution in [-0.4, -0.2) is 0 Å². The lowest BCUT2D eigenvalue weighted by Crippen LogP contribution is -2.01. The number of hydrogen-bond acceptors (Lipinski definition) is 2. The molecule has 0 unspecified atom stereocenters. The molecule has 2 aromatic rings. The van der Waals surface area contributed by atoms with Crippen molar-refractivity contribution in [3.05, 3.63) is 56.2 Å². The third-order valence-corrected chi connectivity index (χ3v) is 3.67. The maximum atomic E-state index is 13.3. The highest BCUT2D eigenvalue weighted by Crippen LogP contribution is 2.35. The monoisotopic (exact) mass is 363 g/mol. The number of benzene rings is 2. The van der Waals surface area contributed by atoms with Gasteiger partial charge in [-0.1, -0.05) is 35.3 Å². The first-order valence-corrected chi connectivity index (χ1v) is 6.84. The molecule has 0 radical (unpaired) electrons. The Bertz CT molecular complexity index is 599. The minimum absolute atomic E-state index is 0.0474. The molecule has 0 aromatic heterocycles. The summed E-state index contributed by atoms with van der Waals surface area (Å²) < 4.78 is 19.5. The fourth-order valence-electron chi connectivity index (χ4n) is 1.54. The summed E-state index contributed by atoms with van der Waals surface area (Å²) in [5, 5.41) is 0.548. The van der Waals surface area contributed by atoms with Crippen LogP contribution in [0.15, 0.2) is 34.8 Å². The molecule has 0 bridgehead atoms. The zero-order valence-electron chi connectivity index (χ0n) is 9.59. The second-order valence-corrected chi connectivity index (χ2v) is 5.48. The molecule has 0 aliphatic rings. The van der Waals surface area contributed by atoms with Gasteiger partial charge in [0.15, 0.2) is 5.75 Å². The van der Waals surface area contributed by atoms with Crippen LogP contribution in [0.25, 0.3) is 0 Å². The second-order valence-electron chi connectivity index (χ2n) is 3.81. The Kier molecular flexibility index (Phi) is 4.55. The molecule has 0 aliphatic heterocycles. The molecule has 2 N–H and O–H groups in total. The highest BCUT2D eigenvalue weighted by Gasteiger charge is 2.10. The van der Waals surface area contributed by atoms with E-state index in [0.717, 1.165) is 0 Å². The Morgan fingerprint density at radius 3 is 2.68 bits per heavy atom. The number of ether oxygens (including phenoxy) is 1. The average molecular weight is 365 g/mol. The average Bonchev–Trinajstić information content (AvgIpc) is 2.33. The maximum absolute atomic E-state index is 13.3. The van der Waals surface area contributed by atoms with Crippen LogP contribution in [0.1, 0.15) is 5.56 Å². The maximum Gasteiger partial charge on any atom is 0.156 e. The molecule has 2 nitrogen and oxygen atoms in total. The van der Waals surface area contributed by atoms with Gasteiger partial charge in [0.25, 0.3) is 0 Å². The van der Waals surface area contributed by atoms with Gasteiger partial charge in [-0.25, -0.2) is 4.39 Å². The lowest BCUT2D eigenvalue weighted by molar-refractivity contribution is 0.305. The molecule has 19 heavy (non-hydrogen) atoms. The van der Waals surface area contributed by atoms with E-state index in [1.165, 1.54) is 6.07 Å². The summed E-state index contributed by atoms with van der Waals surface area (Å²) in [4.78, 5) is 0. The number of hydrogen-bond donors (Lipinski definition) is 1. The van der Waals surface area contributed by atoms with Gasteiger partial charge >= 0.3 is 0 Å². The highest BCUT2D eigenvalue weighted by molar-refractivity contribution is 9.10. The molecule has 2 rings (SSSR count). The summed E-state index contributed by atoms with van der Waals surface area (Å²) in [6.07, 6.45) is 0. The topological polar surface area (TPSA) is 35.2 Å². The van der Waals surface area contributed by atoms with Crippen LogP contribution in [0.5, 0.6) is 5.75 Å². The summed E-state index contributed by atoms with van der Waals surface area (Å²) in [5.41, 5.74) is 6.75. The van der Waals surface area contributed by atoms with Gasteiger partial charge in [-0.3, -0.25) is 0 Å². The Morgan fingerprint density at radius 1 is 1.26 bits per heavy atom. The lowest BCUT2D eigenvalue weighted by Gasteiger charge is -2.12. The molecule has 0 aliphatic carbocycles.